The van der Waals surface area contributed by atoms with E-state index in [0.717, 1.165) is 29.5 Å². The highest BCUT2D eigenvalue weighted by molar-refractivity contribution is 8.00. The van der Waals surface area contributed by atoms with Gasteiger partial charge in [0.05, 0.1) is 11.8 Å². The molecule has 138 valence electrons. The number of hydrogen-bond acceptors (Lipinski definition) is 3. The van der Waals surface area contributed by atoms with Gasteiger partial charge in [0.2, 0.25) is 11.8 Å². The van der Waals surface area contributed by atoms with Gasteiger partial charge in [-0.15, -0.1) is 11.8 Å². The maximum absolute atomic E-state index is 13.2. The molecular weight excluding hydrogens is 358 g/mol. The number of rotatable bonds is 7. The van der Waals surface area contributed by atoms with Crippen molar-refractivity contribution in [3.63, 3.8) is 0 Å². The summed E-state index contributed by atoms with van der Waals surface area (Å²) in [4.78, 5) is 23.9. The highest BCUT2D eigenvalue weighted by Gasteiger charge is 2.11. The summed E-state index contributed by atoms with van der Waals surface area (Å²) in [6.07, 6.45) is 0.407. The lowest BCUT2D eigenvalue weighted by Crippen LogP contribution is -2.28. The van der Waals surface area contributed by atoms with Crippen molar-refractivity contribution in [3.8, 4) is 0 Å². The molecule has 0 radical (unpaired) electrons. The normalized spacial score (nSPS) is 11.7. The molecule has 0 bridgehead atoms. The number of thioether (sulfide) groups is 1. The summed E-state index contributed by atoms with van der Waals surface area (Å²) in [7, 11) is 0. The van der Waals surface area contributed by atoms with Gasteiger partial charge < -0.3 is 10.6 Å². The molecule has 4 nitrogen and oxygen atoms in total. The summed E-state index contributed by atoms with van der Waals surface area (Å²) in [5, 5.41) is 5.61. The van der Waals surface area contributed by atoms with Gasteiger partial charge in [0, 0.05) is 17.0 Å². The van der Waals surface area contributed by atoms with Crippen LogP contribution >= 0.6 is 11.8 Å². The second-order valence-electron chi connectivity index (χ2n) is 5.68. The Hall–Kier alpha value is -2.41. The summed E-state index contributed by atoms with van der Waals surface area (Å²) in [5.41, 5.74) is 1.60. The van der Waals surface area contributed by atoms with Crippen molar-refractivity contribution in [2.24, 2.45) is 0 Å². The number of benzene rings is 2. The van der Waals surface area contributed by atoms with Crippen LogP contribution in [0.2, 0.25) is 0 Å². The van der Waals surface area contributed by atoms with Gasteiger partial charge in [0.15, 0.2) is 11.6 Å². The highest BCUT2D eigenvalue weighted by atomic mass is 32.2. The highest BCUT2D eigenvalue weighted by Crippen LogP contribution is 2.21. The minimum atomic E-state index is -0.931. The fraction of sp³-hybridized carbons (Fsp3) is 0.263. The first-order chi connectivity index (χ1) is 12.4. The Balaban J connectivity index is 1.86. The van der Waals surface area contributed by atoms with E-state index in [1.807, 2.05) is 19.1 Å². The number of anilines is 1. The molecule has 2 aromatic rings. The lowest BCUT2D eigenvalue weighted by molar-refractivity contribution is -0.119. The molecule has 0 saturated heterocycles. The number of nitrogens with one attached hydrogen (secondary N) is 2. The van der Waals surface area contributed by atoms with Gasteiger partial charge in [-0.25, -0.2) is 8.78 Å². The van der Waals surface area contributed by atoms with Crippen molar-refractivity contribution in [2.45, 2.75) is 31.2 Å². The quantitative estimate of drug-likeness (QED) is 0.707. The van der Waals surface area contributed by atoms with E-state index < -0.39 is 11.6 Å². The summed E-state index contributed by atoms with van der Waals surface area (Å²) in [6, 6.07) is 10.5. The van der Waals surface area contributed by atoms with Crippen molar-refractivity contribution < 1.29 is 18.4 Å². The molecule has 0 saturated carbocycles. The predicted octanol–water partition coefficient (Wildman–Crippen LogP) is 4.28. The van der Waals surface area contributed by atoms with E-state index in [1.165, 1.54) is 6.07 Å². The van der Waals surface area contributed by atoms with Gasteiger partial charge in [0.25, 0.3) is 0 Å². The van der Waals surface area contributed by atoms with Gasteiger partial charge >= 0.3 is 0 Å². The second-order valence-corrected chi connectivity index (χ2v) is 6.73. The fourth-order valence-electron chi connectivity index (χ4n) is 2.19. The summed E-state index contributed by atoms with van der Waals surface area (Å²) in [6.45, 7) is 3.62. The van der Waals surface area contributed by atoms with E-state index in [2.05, 4.69) is 10.6 Å². The van der Waals surface area contributed by atoms with Crippen LogP contribution in [0.3, 0.4) is 0 Å². The van der Waals surface area contributed by atoms with Crippen LogP contribution < -0.4 is 10.6 Å². The van der Waals surface area contributed by atoms with Crippen LogP contribution in [-0.4, -0.2) is 17.6 Å². The predicted molar refractivity (Wildman–Crippen MR) is 99.0 cm³/mol. The average Bonchev–Trinajstić information content (AvgIpc) is 2.63. The van der Waals surface area contributed by atoms with Crippen LogP contribution in [0.1, 0.15) is 31.9 Å². The molecule has 1 unspecified atom stereocenters. The van der Waals surface area contributed by atoms with Gasteiger partial charge in [0.1, 0.15) is 0 Å². The first kappa shape index (κ1) is 19.9. The smallest absolute Gasteiger partial charge is 0.230 e. The Bertz CT molecular complexity index is 782. The van der Waals surface area contributed by atoms with Crippen LogP contribution in [0.5, 0.6) is 0 Å². The molecule has 7 heteroatoms. The third kappa shape index (κ3) is 5.84. The molecular formula is C19H20F2N2O2S. The third-order valence-corrected chi connectivity index (χ3v) is 4.65. The van der Waals surface area contributed by atoms with Crippen LogP contribution in [-0.2, 0) is 9.59 Å². The fourth-order valence-corrected chi connectivity index (χ4v) is 2.92. The summed E-state index contributed by atoms with van der Waals surface area (Å²) in [5.74, 6) is -2.02. The molecule has 2 N–H and O–H groups in total. The molecule has 0 aliphatic carbocycles. The Morgan fingerprint density at radius 2 is 1.73 bits per heavy atom. The molecule has 0 aromatic heterocycles. The topological polar surface area (TPSA) is 58.2 Å². The molecule has 2 rings (SSSR count). The van der Waals surface area contributed by atoms with Crippen LogP contribution in [0.4, 0.5) is 14.5 Å². The number of carbonyl (C=O) groups is 2. The van der Waals surface area contributed by atoms with E-state index in [1.54, 1.807) is 19.1 Å². The van der Waals surface area contributed by atoms with Gasteiger partial charge in [-0.2, -0.15) is 0 Å². The summed E-state index contributed by atoms with van der Waals surface area (Å²) >= 11 is 1.13. The SMILES string of the molecule is CCC(=O)Nc1ccc(C(C)NC(=O)CSc2ccc(F)c(F)c2)cc1. The molecule has 0 aliphatic heterocycles. The standard InChI is InChI=1S/C19H20F2N2O2S/c1-3-18(24)23-14-6-4-13(5-7-14)12(2)22-19(25)11-26-15-8-9-16(20)17(21)10-15/h4-10,12H,3,11H2,1-2H3,(H,22,25)(H,23,24). The van der Waals surface area contributed by atoms with Crippen molar-refractivity contribution >= 4 is 29.3 Å². The van der Waals surface area contributed by atoms with E-state index in [-0.39, 0.29) is 23.6 Å². The van der Waals surface area contributed by atoms with Gasteiger partial charge in [-0.3, -0.25) is 9.59 Å². The van der Waals surface area contributed by atoms with E-state index in [4.69, 9.17) is 0 Å². The lowest BCUT2D eigenvalue weighted by Gasteiger charge is -2.15. The number of halogens is 2. The molecule has 2 aromatic carbocycles. The molecule has 0 heterocycles. The van der Waals surface area contributed by atoms with Crippen LogP contribution in [0.15, 0.2) is 47.4 Å². The molecule has 2 amide bonds. The zero-order chi connectivity index (χ0) is 19.1. The zero-order valence-electron chi connectivity index (χ0n) is 14.5. The van der Waals surface area contributed by atoms with Crippen molar-refractivity contribution in [3.05, 3.63) is 59.7 Å². The second kappa shape index (κ2) is 9.33. The van der Waals surface area contributed by atoms with Crippen LogP contribution in [0, 0.1) is 11.6 Å². The van der Waals surface area contributed by atoms with E-state index >= 15 is 0 Å². The first-order valence-electron chi connectivity index (χ1n) is 8.16. The first-order valence-corrected chi connectivity index (χ1v) is 9.14. The van der Waals surface area contributed by atoms with Crippen molar-refractivity contribution in [1.29, 1.82) is 0 Å². The molecule has 0 aliphatic rings. The maximum atomic E-state index is 13.2. The average molecular weight is 378 g/mol. The number of amides is 2. The minimum absolute atomic E-state index is 0.0617. The van der Waals surface area contributed by atoms with Gasteiger partial charge in [-0.05, 0) is 42.8 Å². The monoisotopic (exact) mass is 378 g/mol. The number of hydrogen-bond donors (Lipinski definition) is 2. The zero-order valence-corrected chi connectivity index (χ0v) is 15.3. The Morgan fingerprint density at radius 3 is 2.35 bits per heavy atom. The third-order valence-electron chi connectivity index (χ3n) is 3.65. The summed E-state index contributed by atoms with van der Waals surface area (Å²) < 4.78 is 26.0. The molecule has 0 fully saturated rings. The maximum Gasteiger partial charge on any atom is 0.230 e. The van der Waals surface area contributed by atoms with E-state index in [9.17, 15) is 18.4 Å². The largest absolute Gasteiger partial charge is 0.349 e. The lowest BCUT2D eigenvalue weighted by atomic mass is 10.1. The molecule has 1 atom stereocenters. The van der Waals surface area contributed by atoms with E-state index in [0.29, 0.717) is 17.0 Å². The Morgan fingerprint density at radius 1 is 1.04 bits per heavy atom. The molecule has 26 heavy (non-hydrogen) atoms. The Labute approximate surface area is 155 Å². The molecule has 0 spiro atoms. The number of carbonyl (C=O) groups excluding carboxylic acids is 2. The minimum Gasteiger partial charge on any atom is -0.349 e. The van der Waals surface area contributed by atoms with Crippen molar-refractivity contribution in [1.82, 2.24) is 5.32 Å². The Kier molecular flexibility index (Phi) is 7.15. The van der Waals surface area contributed by atoms with Crippen LogP contribution in [0.25, 0.3) is 0 Å². The van der Waals surface area contributed by atoms with Crippen molar-refractivity contribution in [2.75, 3.05) is 11.1 Å². The van der Waals surface area contributed by atoms with Gasteiger partial charge in [-0.1, -0.05) is 19.1 Å².